The van der Waals surface area contributed by atoms with Crippen molar-refractivity contribution in [3.63, 3.8) is 0 Å². The second-order valence-electron chi connectivity index (χ2n) is 10.0. The van der Waals surface area contributed by atoms with Crippen molar-refractivity contribution >= 4 is 5.91 Å². The number of aliphatic hydroxyl groups is 1. The van der Waals surface area contributed by atoms with Crippen LogP contribution in [0.4, 0.5) is 8.78 Å². The van der Waals surface area contributed by atoms with Gasteiger partial charge in [0, 0.05) is 18.6 Å². The summed E-state index contributed by atoms with van der Waals surface area (Å²) in [5.41, 5.74) is 1.05. The van der Waals surface area contributed by atoms with E-state index in [0.29, 0.717) is 32.2 Å². The smallest absolute Gasteiger partial charge is 0.257 e. The Bertz CT molecular complexity index is 1010. The van der Waals surface area contributed by atoms with Crippen molar-refractivity contribution in [2.75, 3.05) is 6.54 Å². The zero-order chi connectivity index (χ0) is 23.0. The number of benzene rings is 2. The minimum Gasteiger partial charge on any atom is -0.378 e. The molecule has 4 nitrogen and oxygen atoms in total. The van der Waals surface area contributed by atoms with Crippen molar-refractivity contribution in [2.45, 2.75) is 75.3 Å². The Kier molecular flexibility index (Phi) is 6.23. The van der Waals surface area contributed by atoms with Crippen molar-refractivity contribution in [2.24, 2.45) is 5.92 Å². The molecule has 0 spiro atoms. The average Bonchev–Trinajstić information content (AvgIpc) is 3.13. The summed E-state index contributed by atoms with van der Waals surface area (Å²) in [5.74, 6) is -0.514. The Hall–Kier alpha value is -2.31. The van der Waals surface area contributed by atoms with E-state index in [9.17, 15) is 18.7 Å². The summed E-state index contributed by atoms with van der Waals surface area (Å²) in [4.78, 5) is 14.8. The molecule has 3 atom stereocenters. The molecule has 1 saturated heterocycles. The SMILES string of the molecule is O=C(NC1CCN(C(O)C2CCC2)C1Cc1cccc(-c2cccc(F)c2)c1)C1(F)CCC1. The van der Waals surface area contributed by atoms with E-state index in [0.717, 1.165) is 42.4 Å². The predicted octanol–water partition coefficient (Wildman–Crippen LogP) is 4.61. The number of carbonyl (C=O) groups is 1. The second kappa shape index (κ2) is 9.15. The summed E-state index contributed by atoms with van der Waals surface area (Å²) >= 11 is 0. The molecule has 176 valence electrons. The fourth-order valence-electron chi connectivity index (χ4n) is 5.44. The molecule has 0 aromatic heterocycles. The summed E-state index contributed by atoms with van der Waals surface area (Å²) in [5, 5.41) is 14.0. The number of amides is 1. The van der Waals surface area contributed by atoms with Gasteiger partial charge in [-0.05, 0) is 79.7 Å². The van der Waals surface area contributed by atoms with Crippen LogP contribution in [0.25, 0.3) is 11.1 Å². The minimum absolute atomic E-state index is 0.115. The van der Waals surface area contributed by atoms with E-state index in [1.165, 1.54) is 12.1 Å². The number of nitrogens with one attached hydrogen (secondary N) is 1. The van der Waals surface area contributed by atoms with E-state index >= 15 is 0 Å². The van der Waals surface area contributed by atoms with Gasteiger partial charge in [0.05, 0.1) is 0 Å². The maximum absolute atomic E-state index is 14.7. The van der Waals surface area contributed by atoms with Gasteiger partial charge in [0.15, 0.2) is 5.67 Å². The molecule has 2 aromatic carbocycles. The van der Waals surface area contributed by atoms with Gasteiger partial charge < -0.3 is 10.4 Å². The first kappa shape index (κ1) is 22.5. The summed E-state index contributed by atoms with van der Waals surface area (Å²) in [6, 6.07) is 14.2. The van der Waals surface area contributed by atoms with Crippen LogP contribution in [-0.4, -0.2) is 46.4 Å². The van der Waals surface area contributed by atoms with Gasteiger partial charge >= 0.3 is 0 Å². The molecular weight excluding hydrogens is 422 g/mol. The van der Waals surface area contributed by atoms with E-state index in [-0.39, 0.29) is 23.8 Å². The first-order valence-corrected chi connectivity index (χ1v) is 12.2. The molecule has 3 unspecified atom stereocenters. The van der Waals surface area contributed by atoms with Crippen LogP contribution in [-0.2, 0) is 11.2 Å². The molecule has 3 aliphatic rings. The molecule has 5 rings (SSSR count). The van der Waals surface area contributed by atoms with E-state index in [1.807, 2.05) is 30.3 Å². The van der Waals surface area contributed by atoms with E-state index < -0.39 is 17.8 Å². The fraction of sp³-hybridized carbons (Fsp3) is 0.519. The van der Waals surface area contributed by atoms with Gasteiger partial charge in [-0.2, -0.15) is 0 Å². The Morgan fingerprint density at radius 1 is 1.09 bits per heavy atom. The summed E-state index contributed by atoms with van der Waals surface area (Å²) in [6.45, 7) is 0.677. The predicted molar refractivity (Wildman–Crippen MR) is 124 cm³/mol. The van der Waals surface area contributed by atoms with Crippen LogP contribution in [0.2, 0.25) is 0 Å². The lowest BCUT2D eigenvalue weighted by molar-refractivity contribution is -0.139. The zero-order valence-electron chi connectivity index (χ0n) is 18.9. The van der Waals surface area contributed by atoms with Gasteiger partial charge in [0.1, 0.15) is 12.0 Å². The van der Waals surface area contributed by atoms with Gasteiger partial charge in [-0.15, -0.1) is 0 Å². The van der Waals surface area contributed by atoms with E-state index in [4.69, 9.17) is 0 Å². The highest BCUT2D eigenvalue weighted by Gasteiger charge is 2.48. The van der Waals surface area contributed by atoms with Crippen LogP contribution in [0.1, 0.15) is 50.5 Å². The third-order valence-electron chi connectivity index (χ3n) is 7.90. The first-order valence-electron chi connectivity index (χ1n) is 12.2. The highest BCUT2D eigenvalue weighted by molar-refractivity contribution is 5.86. The van der Waals surface area contributed by atoms with Crippen LogP contribution in [0.5, 0.6) is 0 Å². The molecule has 33 heavy (non-hydrogen) atoms. The number of rotatable bonds is 7. The molecule has 3 fully saturated rings. The van der Waals surface area contributed by atoms with Gasteiger partial charge in [0.2, 0.25) is 0 Å². The molecular formula is C27H32F2N2O2. The Morgan fingerprint density at radius 3 is 2.45 bits per heavy atom. The lowest BCUT2D eigenvalue weighted by Gasteiger charge is -2.40. The quantitative estimate of drug-likeness (QED) is 0.643. The van der Waals surface area contributed by atoms with Crippen LogP contribution in [0, 0.1) is 11.7 Å². The minimum atomic E-state index is -1.73. The van der Waals surface area contributed by atoms with Gasteiger partial charge in [0.25, 0.3) is 5.91 Å². The number of nitrogens with zero attached hydrogens (tertiary/aromatic N) is 1. The number of aliphatic hydroxyl groups excluding tert-OH is 1. The summed E-state index contributed by atoms with van der Waals surface area (Å²) in [6.07, 6.45) is 5.28. The molecule has 2 aromatic rings. The number of carbonyl (C=O) groups excluding carboxylic acids is 1. The average molecular weight is 455 g/mol. The van der Waals surface area contributed by atoms with Crippen LogP contribution in [0.3, 0.4) is 0 Å². The van der Waals surface area contributed by atoms with Gasteiger partial charge in [-0.25, -0.2) is 8.78 Å². The summed E-state index contributed by atoms with van der Waals surface area (Å²) < 4.78 is 28.5. The lowest BCUT2D eigenvalue weighted by atomic mass is 9.81. The third-order valence-corrected chi connectivity index (χ3v) is 7.90. The second-order valence-corrected chi connectivity index (χ2v) is 10.0. The van der Waals surface area contributed by atoms with Crippen LogP contribution < -0.4 is 5.32 Å². The van der Waals surface area contributed by atoms with E-state index in [1.54, 1.807) is 6.07 Å². The molecule has 2 aliphatic carbocycles. The van der Waals surface area contributed by atoms with E-state index in [2.05, 4.69) is 10.2 Å². The third kappa shape index (κ3) is 4.56. The zero-order valence-corrected chi connectivity index (χ0v) is 18.9. The standard InChI is InChI=1S/C27H32F2N2O2/c28-22-10-3-9-21(17-22)20-8-1-5-18(15-20)16-24-23(30-26(33)27(29)12-4-13-27)11-14-31(24)25(32)19-6-2-7-19/h1,3,5,8-10,15,17,19,23-25,32H,2,4,6-7,11-14,16H2,(H,30,33). The topological polar surface area (TPSA) is 52.6 Å². The Morgan fingerprint density at radius 2 is 1.82 bits per heavy atom. The van der Waals surface area contributed by atoms with Crippen molar-refractivity contribution in [1.29, 1.82) is 0 Å². The highest BCUT2D eigenvalue weighted by atomic mass is 19.1. The monoisotopic (exact) mass is 454 g/mol. The highest BCUT2D eigenvalue weighted by Crippen LogP contribution is 2.38. The molecule has 1 aliphatic heterocycles. The van der Waals surface area contributed by atoms with Crippen LogP contribution >= 0.6 is 0 Å². The molecule has 1 heterocycles. The van der Waals surface area contributed by atoms with Crippen LogP contribution in [0.15, 0.2) is 48.5 Å². The maximum atomic E-state index is 14.7. The van der Waals surface area contributed by atoms with Crippen molar-refractivity contribution < 1.29 is 18.7 Å². The number of hydrogen-bond acceptors (Lipinski definition) is 3. The van der Waals surface area contributed by atoms with Crippen molar-refractivity contribution in [3.05, 3.63) is 59.9 Å². The lowest BCUT2D eigenvalue weighted by Crippen LogP contribution is -2.56. The fourth-order valence-corrected chi connectivity index (χ4v) is 5.44. The normalized spacial score (nSPS) is 25.8. The Balaban J connectivity index is 1.37. The van der Waals surface area contributed by atoms with Gasteiger partial charge in [-0.1, -0.05) is 42.8 Å². The van der Waals surface area contributed by atoms with Crippen molar-refractivity contribution in [3.8, 4) is 11.1 Å². The molecule has 6 heteroatoms. The first-order chi connectivity index (χ1) is 15.9. The maximum Gasteiger partial charge on any atom is 0.257 e. The number of hydrogen-bond donors (Lipinski definition) is 2. The van der Waals surface area contributed by atoms with Gasteiger partial charge in [-0.3, -0.25) is 9.69 Å². The molecule has 0 bridgehead atoms. The van der Waals surface area contributed by atoms with Crippen molar-refractivity contribution in [1.82, 2.24) is 10.2 Å². The number of halogens is 2. The molecule has 0 radical (unpaired) electrons. The number of alkyl halides is 1. The Labute approximate surface area is 194 Å². The molecule has 2 N–H and O–H groups in total. The molecule has 2 saturated carbocycles. The number of likely N-dealkylation sites (tertiary alicyclic amines) is 1. The largest absolute Gasteiger partial charge is 0.378 e. The molecule has 1 amide bonds. The summed E-state index contributed by atoms with van der Waals surface area (Å²) in [7, 11) is 0.